The molecule has 0 heterocycles. The molecule has 0 aliphatic carbocycles. The van der Waals surface area contributed by atoms with Gasteiger partial charge < -0.3 is 10.5 Å². The Morgan fingerprint density at radius 2 is 2.06 bits per heavy atom. The van der Waals surface area contributed by atoms with Crippen molar-refractivity contribution in [3.05, 3.63) is 58.1 Å². The summed E-state index contributed by atoms with van der Waals surface area (Å²) < 4.78 is 6.55. The van der Waals surface area contributed by atoms with E-state index in [1.807, 2.05) is 24.3 Å². The summed E-state index contributed by atoms with van der Waals surface area (Å²) in [6.07, 6.45) is 0. The van der Waals surface area contributed by atoms with Crippen LogP contribution in [-0.4, -0.2) is 0 Å². The third-order valence-electron chi connectivity index (χ3n) is 2.43. The van der Waals surface area contributed by atoms with Gasteiger partial charge >= 0.3 is 0 Å². The number of nitrogen functional groups attached to an aromatic ring is 1. The van der Waals surface area contributed by atoms with E-state index in [4.69, 9.17) is 15.7 Å². The van der Waals surface area contributed by atoms with Gasteiger partial charge in [0.2, 0.25) is 0 Å². The largest absolute Gasteiger partial charge is 0.489 e. The maximum Gasteiger partial charge on any atom is 0.121 e. The van der Waals surface area contributed by atoms with Crippen molar-refractivity contribution in [2.45, 2.75) is 6.61 Å². The second-order valence-corrected chi connectivity index (χ2v) is 4.63. The average molecular weight is 303 g/mol. The van der Waals surface area contributed by atoms with E-state index in [1.54, 1.807) is 18.2 Å². The normalized spacial score (nSPS) is 9.78. The lowest BCUT2D eigenvalue weighted by atomic mass is 10.2. The second-order valence-electron chi connectivity index (χ2n) is 3.78. The van der Waals surface area contributed by atoms with Crippen LogP contribution in [0.2, 0.25) is 0 Å². The summed E-state index contributed by atoms with van der Waals surface area (Å²) >= 11 is 3.44. The number of rotatable bonds is 3. The minimum Gasteiger partial charge on any atom is -0.489 e. The fourth-order valence-electron chi connectivity index (χ4n) is 1.50. The van der Waals surface area contributed by atoms with Crippen molar-refractivity contribution >= 4 is 21.6 Å². The topological polar surface area (TPSA) is 59.0 Å². The van der Waals surface area contributed by atoms with Crippen molar-refractivity contribution in [2.75, 3.05) is 5.73 Å². The van der Waals surface area contributed by atoms with E-state index in [1.165, 1.54) is 0 Å². The van der Waals surface area contributed by atoms with Crippen LogP contribution in [0, 0.1) is 11.3 Å². The van der Waals surface area contributed by atoms with E-state index in [9.17, 15) is 0 Å². The van der Waals surface area contributed by atoms with Crippen LogP contribution >= 0.6 is 15.9 Å². The summed E-state index contributed by atoms with van der Waals surface area (Å²) in [4.78, 5) is 0. The number of hydrogen-bond acceptors (Lipinski definition) is 3. The molecule has 0 atom stereocenters. The van der Waals surface area contributed by atoms with Gasteiger partial charge in [-0.25, -0.2) is 0 Å². The van der Waals surface area contributed by atoms with Gasteiger partial charge in [-0.15, -0.1) is 0 Å². The van der Waals surface area contributed by atoms with Crippen molar-refractivity contribution in [1.82, 2.24) is 0 Å². The number of hydrogen-bond donors (Lipinski definition) is 1. The Kier molecular flexibility index (Phi) is 3.85. The first-order valence-corrected chi connectivity index (χ1v) is 6.15. The Labute approximate surface area is 114 Å². The maximum atomic E-state index is 8.79. The monoisotopic (exact) mass is 302 g/mol. The van der Waals surface area contributed by atoms with Gasteiger partial charge in [-0.3, -0.25) is 0 Å². The van der Waals surface area contributed by atoms with Gasteiger partial charge in [0, 0.05) is 15.7 Å². The van der Waals surface area contributed by atoms with E-state index in [0.29, 0.717) is 23.6 Å². The zero-order valence-corrected chi connectivity index (χ0v) is 11.1. The van der Waals surface area contributed by atoms with Crippen molar-refractivity contribution in [3.8, 4) is 11.8 Å². The molecule has 2 N–H and O–H groups in total. The quantitative estimate of drug-likeness (QED) is 0.883. The molecule has 4 heteroatoms. The molecule has 2 aromatic carbocycles. The molecule has 90 valence electrons. The molecular formula is C14H11BrN2O. The molecule has 2 rings (SSSR count). The van der Waals surface area contributed by atoms with Crippen LogP contribution < -0.4 is 10.5 Å². The molecule has 0 bridgehead atoms. The Hall–Kier alpha value is -1.99. The van der Waals surface area contributed by atoms with Crippen LogP contribution in [0.3, 0.4) is 0 Å². The van der Waals surface area contributed by atoms with Gasteiger partial charge in [-0.2, -0.15) is 5.26 Å². The van der Waals surface area contributed by atoms with E-state index in [2.05, 4.69) is 22.0 Å². The van der Waals surface area contributed by atoms with E-state index in [-0.39, 0.29) is 0 Å². The molecule has 2 aromatic rings. The van der Waals surface area contributed by atoms with Crippen LogP contribution in [-0.2, 0) is 6.61 Å². The molecule has 3 nitrogen and oxygen atoms in total. The first kappa shape index (κ1) is 12.5. The number of nitrogens with zero attached hydrogens (tertiary/aromatic N) is 1. The lowest BCUT2D eigenvalue weighted by Gasteiger charge is -2.08. The molecule has 0 saturated heterocycles. The van der Waals surface area contributed by atoms with Gasteiger partial charge in [0.05, 0.1) is 11.6 Å². The molecule has 0 amide bonds. The Bertz CT molecular complexity index is 605. The SMILES string of the molecule is N#Cc1cccc(OCc2ccc(N)cc2Br)c1. The molecule has 18 heavy (non-hydrogen) atoms. The molecule has 0 saturated carbocycles. The molecule has 0 aliphatic rings. The van der Waals surface area contributed by atoms with Gasteiger partial charge in [0.1, 0.15) is 12.4 Å². The minimum absolute atomic E-state index is 0.426. The van der Waals surface area contributed by atoms with Gasteiger partial charge in [-0.1, -0.05) is 28.1 Å². The molecular weight excluding hydrogens is 292 g/mol. The minimum atomic E-state index is 0.426. The first-order valence-electron chi connectivity index (χ1n) is 5.36. The molecule has 0 spiro atoms. The number of nitrogens with two attached hydrogens (primary N) is 1. The van der Waals surface area contributed by atoms with E-state index >= 15 is 0 Å². The number of halogens is 1. The predicted octanol–water partition coefficient (Wildman–Crippen LogP) is 3.48. The van der Waals surface area contributed by atoms with E-state index in [0.717, 1.165) is 10.0 Å². The fourth-order valence-corrected chi connectivity index (χ4v) is 2.01. The van der Waals surface area contributed by atoms with E-state index < -0.39 is 0 Å². The summed E-state index contributed by atoms with van der Waals surface area (Å²) in [5, 5.41) is 8.79. The Morgan fingerprint density at radius 1 is 1.22 bits per heavy atom. The average Bonchev–Trinajstić information content (AvgIpc) is 2.38. The zero-order chi connectivity index (χ0) is 13.0. The third-order valence-corrected chi connectivity index (χ3v) is 3.17. The number of benzene rings is 2. The summed E-state index contributed by atoms with van der Waals surface area (Å²) in [5.41, 5.74) is 7.96. The summed E-state index contributed by atoms with van der Waals surface area (Å²) in [6.45, 7) is 0.426. The van der Waals surface area contributed by atoms with Crippen molar-refractivity contribution < 1.29 is 4.74 Å². The number of nitriles is 1. The van der Waals surface area contributed by atoms with Gasteiger partial charge in [0.25, 0.3) is 0 Å². The first-order chi connectivity index (χ1) is 8.69. The van der Waals surface area contributed by atoms with Crippen LogP contribution in [0.4, 0.5) is 5.69 Å². The summed E-state index contributed by atoms with van der Waals surface area (Å²) in [5.74, 6) is 0.678. The summed E-state index contributed by atoms with van der Waals surface area (Å²) in [6, 6.07) is 14.7. The van der Waals surface area contributed by atoms with Crippen molar-refractivity contribution in [3.63, 3.8) is 0 Å². The lowest BCUT2D eigenvalue weighted by Crippen LogP contribution is -1.97. The molecule has 0 aromatic heterocycles. The third kappa shape index (κ3) is 3.02. The van der Waals surface area contributed by atoms with Crippen LogP contribution in [0.25, 0.3) is 0 Å². The highest BCUT2D eigenvalue weighted by atomic mass is 79.9. The van der Waals surface area contributed by atoms with Gasteiger partial charge in [-0.05, 0) is 30.3 Å². The van der Waals surface area contributed by atoms with Crippen LogP contribution in [0.1, 0.15) is 11.1 Å². The fraction of sp³-hybridized carbons (Fsp3) is 0.0714. The molecule has 0 unspecified atom stereocenters. The highest BCUT2D eigenvalue weighted by Crippen LogP contribution is 2.22. The second kappa shape index (κ2) is 5.56. The highest BCUT2D eigenvalue weighted by molar-refractivity contribution is 9.10. The smallest absolute Gasteiger partial charge is 0.121 e. The predicted molar refractivity (Wildman–Crippen MR) is 74.0 cm³/mol. The lowest BCUT2D eigenvalue weighted by molar-refractivity contribution is 0.305. The standard InChI is InChI=1S/C14H11BrN2O/c15-14-7-12(17)5-4-11(14)9-18-13-3-1-2-10(6-13)8-16/h1-7H,9,17H2. The molecule has 0 radical (unpaired) electrons. The Morgan fingerprint density at radius 3 is 2.78 bits per heavy atom. The zero-order valence-electron chi connectivity index (χ0n) is 9.56. The highest BCUT2D eigenvalue weighted by Gasteiger charge is 2.02. The van der Waals surface area contributed by atoms with Crippen LogP contribution in [0.15, 0.2) is 46.9 Å². The van der Waals surface area contributed by atoms with Crippen molar-refractivity contribution in [2.24, 2.45) is 0 Å². The molecule has 0 fully saturated rings. The van der Waals surface area contributed by atoms with Crippen LogP contribution in [0.5, 0.6) is 5.75 Å². The van der Waals surface area contributed by atoms with Gasteiger partial charge in [0.15, 0.2) is 0 Å². The Balaban J connectivity index is 2.09. The van der Waals surface area contributed by atoms with Crippen molar-refractivity contribution in [1.29, 1.82) is 5.26 Å². The maximum absolute atomic E-state index is 8.79. The number of ether oxygens (including phenoxy) is 1. The number of anilines is 1. The summed E-state index contributed by atoms with van der Waals surface area (Å²) in [7, 11) is 0. The molecule has 0 aliphatic heterocycles.